The van der Waals surface area contributed by atoms with Crippen LogP contribution < -0.4 is 5.32 Å². The summed E-state index contributed by atoms with van der Waals surface area (Å²) < 4.78 is 4.97. The van der Waals surface area contributed by atoms with Gasteiger partial charge in [-0.3, -0.25) is 4.79 Å². The second-order valence-corrected chi connectivity index (χ2v) is 6.19. The molecule has 0 radical (unpaired) electrons. The summed E-state index contributed by atoms with van der Waals surface area (Å²) in [6.45, 7) is 3.25. The van der Waals surface area contributed by atoms with E-state index in [9.17, 15) is 4.79 Å². The van der Waals surface area contributed by atoms with E-state index >= 15 is 0 Å². The Morgan fingerprint density at radius 3 is 2.83 bits per heavy atom. The first-order valence-electron chi connectivity index (χ1n) is 8.40. The lowest BCUT2D eigenvalue weighted by Gasteiger charge is -2.20. The molecule has 1 amide bonds. The van der Waals surface area contributed by atoms with Crippen LogP contribution in [-0.4, -0.2) is 36.5 Å². The molecule has 1 unspecified atom stereocenters. The molecule has 2 heterocycles. The average molecular weight is 312 g/mol. The molecule has 1 aromatic carbocycles. The summed E-state index contributed by atoms with van der Waals surface area (Å²) in [5.41, 5.74) is 2.00. The van der Waals surface area contributed by atoms with Crippen molar-refractivity contribution in [3.05, 3.63) is 60.1 Å². The molecule has 1 N–H and O–H groups in total. The fraction of sp³-hybridized carbons (Fsp3) is 0.421. The van der Waals surface area contributed by atoms with Crippen molar-refractivity contribution >= 4 is 5.91 Å². The van der Waals surface area contributed by atoms with Gasteiger partial charge >= 0.3 is 0 Å². The number of rotatable bonds is 5. The van der Waals surface area contributed by atoms with Crippen LogP contribution in [0.1, 0.15) is 35.2 Å². The topological polar surface area (TPSA) is 45.5 Å². The molecular weight excluding hydrogens is 288 g/mol. The highest BCUT2D eigenvalue weighted by molar-refractivity contribution is 5.93. The number of hydrogen-bond donors (Lipinski definition) is 1. The minimum Gasteiger partial charge on any atom is -0.472 e. The van der Waals surface area contributed by atoms with Crippen LogP contribution in [-0.2, 0) is 6.42 Å². The predicted octanol–water partition coefficient (Wildman–Crippen LogP) is 3.11. The zero-order valence-electron chi connectivity index (χ0n) is 13.4. The molecule has 2 aromatic rings. The second-order valence-electron chi connectivity index (χ2n) is 6.19. The quantitative estimate of drug-likeness (QED) is 0.923. The summed E-state index contributed by atoms with van der Waals surface area (Å²) in [5, 5.41) is 3.13. The summed E-state index contributed by atoms with van der Waals surface area (Å²) in [4.78, 5) is 14.6. The number of nitrogens with one attached hydrogen (secondary N) is 1. The van der Waals surface area contributed by atoms with E-state index in [1.165, 1.54) is 18.1 Å². The van der Waals surface area contributed by atoms with Gasteiger partial charge in [0.15, 0.2) is 0 Å². The number of nitrogens with zero attached hydrogens (tertiary/aromatic N) is 1. The van der Waals surface area contributed by atoms with E-state index in [2.05, 4.69) is 40.5 Å². The fourth-order valence-corrected chi connectivity index (χ4v) is 3.12. The Balaban J connectivity index is 1.44. The molecule has 122 valence electrons. The molecule has 4 heteroatoms. The number of likely N-dealkylation sites (tertiary alicyclic amines) is 1. The number of benzene rings is 1. The van der Waals surface area contributed by atoms with Crippen LogP contribution in [0.3, 0.4) is 0 Å². The van der Waals surface area contributed by atoms with Crippen molar-refractivity contribution in [3.8, 4) is 0 Å². The van der Waals surface area contributed by atoms with Crippen LogP contribution in [0.15, 0.2) is 53.3 Å². The third-order valence-corrected chi connectivity index (χ3v) is 4.50. The Morgan fingerprint density at radius 2 is 2.04 bits per heavy atom. The molecule has 1 fully saturated rings. The van der Waals surface area contributed by atoms with Crippen LogP contribution in [0.2, 0.25) is 0 Å². The molecule has 1 aliphatic heterocycles. The molecule has 0 saturated carbocycles. The van der Waals surface area contributed by atoms with Crippen molar-refractivity contribution in [1.29, 1.82) is 0 Å². The molecule has 0 spiro atoms. The van der Waals surface area contributed by atoms with Crippen LogP contribution >= 0.6 is 0 Å². The SMILES string of the molecule is O=C(NC1CCCN(CCc2ccccc2)CC1)c1ccoc1. The van der Waals surface area contributed by atoms with Crippen molar-refractivity contribution in [2.45, 2.75) is 31.7 Å². The van der Waals surface area contributed by atoms with Gasteiger partial charge in [-0.15, -0.1) is 0 Å². The van der Waals surface area contributed by atoms with Gasteiger partial charge in [0.2, 0.25) is 0 Å². The Hall–Kier alpha value is -2.07. The first-order valence-corrected chi connectivity index (χ1v) is 8.40. The molecule has 0 bridgehead atoms. The lowest BCUT2D eigenvalue weighted by atomic mass is 10.1. The molecular formula is C19H24N2O2. The van der Waals surface area contributed by atoms with E-state index in [1.807, 2.05) is 0 Å². The summed E-state index contributed by atoms with van der Waals surface area (Å²) in [5.74, 6) is -0.0264. The lowest BCUT2D eigenvalue weighted by molar-refractivity contribution is 0.0932. The highest BCUT2D eigenvalue weighted by Crippen LogP contribution is 2.13. The Labute approximate surface area is 137 Å². The number of hydrogen-bond acceptors (Lipinski definition) is 3. The molecule has 0 aliphatic carbocycles. The highest BCUT2D eigenvalue weighted by Gasteiger charge is 2.19. The van der Waals surface area contributed by atoms with Gasteiger partial charge in [-0.05, 0) is 43.9 Å². The fourth-order valence-electron chi connectivity index (χ4n) is 3.12. The number of carbonyl (C=O) groups is 1. The van der Waals surface area contributed by atoms with E-state index < -0.39 is 0 Å². The molecule has 1 aliphatic rings. The molecule has 1 aromatic heterocycles. The third-order valence-electron chi connectivity index (χ3n) is 4.50. The number of amides is 1. The van der Waals surface area contributed by atoms with Gasteiger partial charge in [-0.2, -0.15) is 0 Å². The lowest BCUT2D eigenvalue weighted by Crippen LogP contribution is -2.35. The zero-order chi connectivity index (χ0) is 15.9. The monoisotopic (exact) mass is 312 g/mol. The first-order chi connectivity index (χ1) is 11.3. The minimum atomic E-state index is -0.0264. The number of furan rings is 1. The maximum atomic E-state index is 12.1. The second kappa shape index (κ2) is 7.97. The van der Waals surface area contributed by atoms with Crippen LogP contribution in [0.4, 0.5) is 0 Å². The Morgan fingerprint density at radius 1 is 1.17 bits per heavy atom. The van der Waals surface area contributed by atoms with Crippen molar-refractivity contribution in [1.82, 2.24) is 10.2 Å². The van der Waals surface area contributed by atoms with Crippen molar-refractivity contribution in [2.24, 2.45) is 0 Å². The normalized spacial score (nSPS) is 19.2. The van der Waals surface area contributed by atoms with E-state index in [4.69, 9.17) is 4.42 Å². The van der Waals surface area contributed by atoms with Gasteiger partial charge in [0.1, 0.15) is 6.26 Å². The largest absolute Gasteiger partial charge is 0.472 e. The Kier molecular flexibility index (Phi) is 5.48. The van der Waals surface area contributed by atoms with Crippen molar-refractivity contribution in [2.75, 3.05) is 19.6 Å². The number of carbonyl (C=O) groups excluding carboxylic acids is 1. The maximum Gasteiger partial charge on any atom is 0.254 e. The third kappa shape index (κ3) is 4.70. The predicted molar refractivity (Wildman–Crippen MR) is 90.4 cm³/mol. The van der Waals surface area contributed by atoms with Gasteiger partial charge in [0.25, 0.3) is 5.91 Å². The van der Waals surface area contributed by atoms with E-state index in [0.29, 0.717) is 5.56 Å². The Bertz CT molecular complexity index is 595. The molecule has 3 rings (SSSR count). The smallest absolute Gasteiger partial charge is 0.254 e. The van der Waals surface area contributed by atoms with Crippen LogP contribution in [0.25, 0.3) is 0 Å². The van der Waals surface area contributed by atoms with Crippen LogP contribution in [0, 0.1) is 0 Å². The molecule has 1 atom stereocenters. The van der Waals surface area contributed by atoms with E-state index in [-0.39, 0.29) is 11.9 Å². The van der Waals surface area contributed by atoms with Gasteiger partial charge in [0.05, 0.1) is 11.8 Å². The standard InChI is InChI=1S/C19H24N2O2/c22-19(17-10-14-23-15-17)20-18-7-4-11-21(13-9-18)12-8-16-5-2-1-3-6-16/h1-3,5-6,10,14-15,18H,4,7-9,11-13H2,(H,20,22). The van der Waals surface area contributed by atoms with Crippen molar-refractivity contribution in [3.63, 3.8) is 0 Å². The van der Waals surface area contributed by atoms with Gasteiger partial charge < -0.3 is 14.6 Å². The maximum absolute atomic E-state index is 12.1. The van der Waals surface area contributed by atoms with Gasteiger partial charge in [0, 0.05) is 19.1 Å². The minimum absolute atomic E-state index is 0.0264. The highest BCUT2D eigenvalue weighted by atomic mass is 16.3. The summed E-state index contributed by atoms with van der Waals surface area (Å²) in [7, 11) is 0. The van der Waals surface area contributed by atoms with E-state index in [1.54, 1.807) is 6.07 Å². The molecule has 23 heavy (non-hydrogen) atoms. The first kappa shape index (κ1) is 15.8. The summed E-state index contributed by atoms with van der Waals surface area (Å²) in [6, 6.07) is 12.6. The van der Waals surface area contributed by atoms with E-state index in [0.717, 1.165) is 45.3 Å². The van der Waals surface area contributed by atoms with Gasteiger partial charge in [-0.25, -0.2) is 0 Å². The molecule has 4 nitrogen and oxygen atoms in total. The van der Waals surface area contributed by atoms with Crippen LogP contribution in [0.5, 0.6) is 0 Å². The summed E-state index contributed by atoms with van der Waals surface area (Å²) >= 11 is 0. The zero-order valence-corrected chi connectivity index (χ0v) is 13.4. The van der Waals surface area contributed by atoms with Crippen molar-refractivity contribution < 1.29 is 9.21 Å². The summed E-state index contributed by atoms with van der Waals surface area (Å²) in [6.07, 6.45) is 7.31. The molecule has 1 saturated heterocycles. The average Bonchev–Trinajstić information content (AvgIpc) is 3.03. The van der Waals surface area contributed by atoms with Gasteiger partial charge in [-0.1, -0.05) is 30.3 Å².